The predicted molar refractivity (Wildman–Crippen MR) is 192 cm³/mol. The first-order chi connectivity index (χ1) is 23.2. The lowest BCUT2D eigenvalue weighted by molar-refractivity contribution is 1.00. The molecule has 0 saturated carbocycles. The van der Waals surface area contributed by atoms with Gasteiger partial charge < -0.3 is 0 Å². The number of nitrogens with zero attached hydrogens (tertiary/aromatic N) is 4. The molecule has 2 heterocycles. The van der Waals surface area contributed by atoms with Crippen LogP contribution in [-0.2, 0) is 0 Å². The van der Waals surface area contributed by atoms with Crippen LogP contribution in [-0.4, -0.2) is 14.5 Å². The van der Waals surface area contributed by atoms with Crippen molar-refractivity contribution >= 4 is 43.5 Å². The molecule has 0 saturated heterocycles. The number of hydrogen-bond acceptors (Lipinski definition) is 3. The van der Waals surface area contributed by atoms with Crippen molar-refractivity contribution in [3.8, 4) is 45.4 Å². The molecule has 0 radical (unpaired) electrons. The van der Waals surface area contributed by atoms with Crippen LogP contribution < -0.4 is 0 Å². The molecule has 2 aromatic heterocycles. The minimum atomic E-state index is 0.359. The van der Waals surface area contributed by atoms with Gasteiger partial charge in [-0.3, -0.25) is 4.57 Å². The van der Waals surface area contributed by atoms with Crippen molar-refractivity contribution in [2.75, 3.05) is 0 Å². The number of rotatable bonds is 4. The highest BCUT2D eigenvalue weighted by atomic mass is 15.2. The molecule has 0 fully saturated rings. The fourth-order valence-corrected chi connectivity index (χ4v) is 6.82. The Morgan fingerprint density at radius 2 is 1.11 bits per heavy atom. The molecule has 7 aromatic carbocycles. The van der Waals surface area contributed by atoms with Gasteiger partial charge in [0, 0.05) is 16.2 Å². The number of fused-ring (bicyclic) bond motifs is 5. The highest BCUT2D eigenvalue weighted by molar-refractivity contribution is 6.10. The molecular weight excluding hydrogens is 573 g/mol. The van der Waals surface area contributed by atoms with Crippen LogP contribution in [0.1, 0.15) is 5.69 Å². The third-order valence-corrected chi connectivity index (χ3v) is 9.07. The van der Waals surface area contributed by atoms with Crippen molar-refractivity contribution < 1.29 is 0 Å². The number of hydrogen-bond donors (Lipinski definition) is 0. The zero-order valence-corrected chi connectivity index (χ0v) is 25.3. The highest BCUT2D eigenvalue weighted by Gasteiger charge is 2.18. The number of nitriles is 1. The van der Waals surface area contributed by atoms with Crippen LogP contribution in [0.15, 0.2) is 158 Å². The molecule has 0 amide bonds. The molecule has 0 spiro atoms. The van der Waals surface area contributed by atoms with Crippen LogP contribution in [0.4, 0.5) is 0 Å². The van der Waals surface area contributed by atoms with Gasteiger partial charge in [0.1, 0.15) is 6.07 Å². The van der Waals surface area contributed by atoms with Crippen LogP contribution in [0.5, 0.6) is 0 Å². The molecule has 218 valence electrons. The number of para-hydroxylation sites is 1. The van der Waals surface area contributed by atoms with Gasteiger partial charge in [-0.25, -0.2) is 9.97 Å². The summed E-state index contributed by atoms with van der Waals surface area (Å²) >= 11 is 0. The topological polar surface area (TPSA) is 54.5 Å². The minimum Gasteiger partial charge on any atom is -0.278 e. The summed E-state index contributed by atoms with van der Waals surface area (Å²) in [7, 11) is 0. The van der Waals surface area contributed by atoms with Crippen molar-refractivity contribution in [1.29, 1.82) is 5.26 Å². The Bertz CT molecular complexity index is 2690. The maximum Gasteiger partial charge on any atom is 0.236 e. The summed E-state index contributed by atoms with van der Waals surface area (Å²) < 4.78 is 2.08. The van der Waals surface area contributed by atoms with Gasteiger partial charge in [-0.15, -0.1) is 0 Å². The first kappa shape index (κ1) is 26.8. The molecule has 4 nitrogen and oxygen atoms in total. The van der Waals surface area contributed by atoms with Gasteiger partial charge in [0.15, 0.2) is 5.69 Å². The zero-order chi connectivity index (χ0) is 31.3. The summed E-state index contributed by atoms with van der Waals surface area (Å²) in [5.41, 5.74) is 9.91. The molecule has 0 aliphatic rings. The molecule has 47 heavy (non-hydrogen) atoms. The first-order valence-corrected chi connectivity index (χ1v) is 15.6. The van der Waals surface area contributed by atoms with E-state index < -0.39 is 0 Å². The van der Waals surface area contributed by atoms with Gasteiger partial charge in [0.2, 0.25) is 5.95 Å². The van der Waals surface area contributed by atoms with Gasteiger partial charge in [-0.05, 0) is 80.6 Å². The van der Waals surface area contributed by atoms with Crippen LogP contribution in [0.2, 0.25) is 0 Å². The van der Waals surface area contributed by atoms with Crippen LogP contribution in [0.3, 0.4) is 0 Å². The van der Waals surface area contributed by atoms with E-state index in [4.69, 9.17) is 9.97 Å². The maximum atomic E-state index is 10.1. The quantitative estimate of drug-likeness (QED) is 0.202. The molecule has 9 rings (SSSR count). The first-order valence-electron chi connectivity index (χ1n) is 15.6. The molecule has 0 atom stereocenters. The van der Waals surface area contributed by atoms with Crippen molar-refractivity contribution in [3.05, 3.63) is 163 Å². The molecule has 0 unspecified atom stereocenters. The molecule has 0 aliphatic carbocycles. The largest absolute Gasteiger partial charge is 0.278 e. The third-order valence-electron chi connectivity index (χ3n) is 9.07. The fraction of sp³-hybridized carbons (Fsp3) is 0. The molecule has 0 N–H and O–H groups in total. The number of aromatic nitrogens is 3. The van der Waals surface area contributed by atoms with Crippen LogP contribution in [0, 0.1) is 11.3 Å². The van der Waals surface area contributed by atoms with Gasteiger partial charge in [-0.1, -0.05) is 121 Å². The number of benzene rings is 7. The van der Waals surface area contributed by atoms with Crippen LogP contribution in [0.25, 0.3) is 82.8 Å². The lowest BCUT2D eigenvalue weighted by Gasteiger charge is -2.11. The molecule has 9 aromatic rings. The normalized spacial score (nSPS) is 11.4. The molecule has 0 bridgehead atoms. The summed E-state index contributed by atoms with van der Waals surface area (Å²) in [5, 5.41) is 15.6. The molecular formula is C43H26N4. The Balaban J connectivity index is 1.21. The predicted octanol–water partition coefficient (Wildman–Crippen LogP) is 10.8. The van der Waals surface area contributed by atoms with E-state index in [1.165, 1.54) is 21.9 Å². The average Bonchev–Trinajstić information content (AvgIpc) is 3.48. The summed E-state index contributed by atoms with van der Waals surface area (Å²) in [6.07, 6.45) is 0. The molecule has 4 heteroatoms. The van der Waals surface area contributed by atoms with Crippen molar-refractivity contribution in [3.63, 3.8) is 0 Å². The summed E-state index contributed by atoms with van der Waals surface area (Å²) in [4.78, 5) is 9.87. The van der Waals surface area contributed by atoms with Crippen molar-refractivity contribution in [2.45, 2.75) is 0 Å². The highest BCUT2D eigenvalue weighted by Crippen LogP contribution is 2.37. The Morgan fingerprint density at radius 3 is 2.00 bits per heavy atom. The summed E-state index contributed by atoms with van der Waals surface area (Å²) in [6, 6.07) is 57.2. The lowest BCUT2D eigenvalue weighted by atomic mass is 9.95. The fourth-order valence-electron chi connectivity index (χ4n) is 6.82. The van der Waals surface area contributed by atoms with Crippen molar-refractivity contribution in [1.82, 2.24) is 14.5 Å². The Kier molecular flexibility index (Phi) is 6.16. The zero-order valence-electron chi connectivity index (χ0n) is 25.3. The van der Waals surface area contributed by atoms with E-state index in [1.807, 2.05) is 42.5 Å². The minimum absolute atomic E-state index is 0.359. The summed E-state index contributed by atoms with van der Waals surface area (Å²) in [6.45, 7) is 0. The summed E-state index contributed by atoms with van der Waals surface area (Å²) in [5.74, 6) is 0.483. The van der Waals surface area contributed by atoms with E-state index in [2.05, 4.69) is 126 Å². The maximum absolute atomic E-state index is 10.1. The second kappa shape index (κ2) is 10.8. The van der Waals surface area contributed by atoms with Gasteiger partial charge >= 0.3 is 0 Å². The second-order valence-electron chi connectivity index (χ2n) is 11.8. The SMILES string of the molecule is N#Cc1nc(-n2c3ccccc3c3cc(-c4cccc(-c5cccc6ccccc56)c4)ccc32)nc2cc(-c3ccccc3)ccc12. The standard InChI is InChI=1S/C43H26N4/c44-27-40-37-22-20-32(28-10-2-1-3-11-28)26-39(37)45-43(46-40)47-41-19-7-6-17-36(41)38-25-31(21-23-42(38)47)30-14-8-15-33(24-30)35-18-9-13-29-12-4-5-16-34(29)35/h1-26H. The molecule has 0 aliphatic heterocycles. The Hall–Kier alpha value is -6.57. The van der Waals surface area contributed by atoms with E-state index in [1.54, 1.807) is 0 Å². The van der Waals surface area contributed by atoms with Gasteiger partial charge in [0.25, 0.3) is 0 Å². The van der Waals surface area contributed by atoms with Crippen LogP contribution >= 0.6 is 0 Å². The average molecular weight is 599 g/mol. The van der Waals surface area contributed by atoms with Crippen molar-refractivity contribution in [2.24, 2.45) is 0 Å². The Labute approximate surface area is 271 Å². The van der Waals surface area contributed by atoms with E-state index in [9.17, 15) is 5.26 Å². The van der Waals surface area contributed by atoms with E-state index in [0.717, 1.165) is 55.0 Å². The van der Waals surface area contributed by atoms with E-state index >= 15 is 0 Å². The van der Waals surface area contributed by atoms with Gasteiger partial charge in [0.05, 0.1) is 16.6 Å². The Morgan fingerprint density at radius 1 is 0.447 bits per heavy atom. The lowest BCUT2D eigenvalue weighted by Crippen LogP contribution is -2.03. The second-order valence-corrected chi connectivity index (χ2v) is 11.8. The van der Waals surface area contributed by atoms with E-state index in [0.29, 0.717) is 11.6 Å². The third kappa shape index (κ3) is 4.45. The van der Waals surface area contributed by atoms with Gasteiger partial charge in [-0.2, -0.15) is 5.26 Å². The smallest absolute Gasteiger partial charge is 0.236 e. The monoisotopic (exact) mass is 598 g/mol. The van der Waals surface area contributed by atoms with E-state index in [-0.39, 0.29) is 0 Å².